The van der Waals surface area contributed by atoms with E-state index in [1.54, 1.807) is 5.56 Å². The van der Waals surface area contributed by atoms with E-state index in [4.69, 9.17) is 0 Å². The molecule has 0 bridgehead atoms. The van der Waals surface area contributed by atoms with Gasteiger partial charge in [0, 0.05) is 3.57 Å². The molecule has 1 aliphatic carbocycles. The molecule has 4 rings (SSSR count). The van der Waals surface area contributed by atoms with Gasteiger partial charge in [-0.1, -0.05) is 61.0 Å². The summed E-state index contributed by atoms with van der Waals surface area (Å²) in [6, 6.07) is 25.1. The van der Waals surface area contributed by atoms with Crippen LogP contribution in [0.4, 0.5) is 0 Å². The van der Waals surface area contributed by atoms with Crippen molar-refractivity contribution in [2.24, 2.45) is 0 Å². The maximum atomic E-state index is 2.37. The third-order valence-corrected chi connectivity index (χ3v) is 6.22. The van der Waals surface area contributed by atoms with Gasteiger partial charge in [0.25, 0.3) is 0 Å². The Balaban J connectivity index is 1.24. The van der Waals surface area contributed by atoms with Crippen molar-refractivity contribution in [1.29, 1.82) is 0 Å². The molecular formula is C25H25I. The summed E-state index contributed by atoms with van der Waals surface area (Å²) in [7, 11) is 0. The van der Waals surface area contributed by atoms with E-state index in [1.165, 1.54) is 76.3 Å². The quantitative estimate of drug-likeness (QED) is 0.267. The highest BCUT2D eigenvalue weighted by atomic mass is 127. The highest BCUT2D eigenvalue weighted by Gasteiger charge is 2.13. The zero-order chi connectivity index (χ0) is 17.8. The molecule has 1 aliphatic rings. The molecule has 1 heteroatoms. The van der Waals surface area contributed by atoms with Crippen LogP contribution in [0.25, 0.3) is 11.1 Å². The average molecular weight is 452 g/mol. The Hall–Kier alpha value is -1.61. The molecule has 0 saturated heterocycles. The van der Waals surface area contributed by atoms with Gasteiger partial charge in [0.05, 0.1) is 0 Å². The van der Waals surface area contributed by atoms with Crippen LogP contribution in [0.3, 0.4) is 0 Å². The first kappa shape index (κ1) is 17.8. The molecule has 0 spiro atoms. The first-order valence-electron chi connectivity index (χ1n) is 9.73. The zero-order valence-electron chi connectivity index (χ0n) is 15.2. The van der Waals surface area contributed by atoms with E-state index in [1.807, 2.05) is 0 Å². The molecule has 26 heavy (non-hydrogen) atoms. The minimum atomic E-state index is 1.19. The number of fused-ring (bicyclic) bond motifs is 1. The van der Waals surface area contributed by atoms with Gasteiger partial charge in [0.2, 0.25) is 0 Å². The molecule has 0 atom stereocenters. The second-order valence-corrected chi connectivity index (χ2v) is 8.61. The van der Waals surface area contributed by atoms with E-state index in [9.17, 15) is 0 Å². The number of aryl methyl sites for hydroxylation is 4. The van der Waals surface area contributed by atoms with E-state index in [0.29, 0.717) is 0 Å². The molecule has 3 aromatic rings. The number of halogens is 1. The average Bonchev–Trinajstić information content (AvgIpc) is 2.65. The van der Waals surface area contributed by atoms with E-state index in [0.717, 1.165) is 0 Å². The van der Waals surface area contributed by atoms with E-state index < -0.39 is 0 Å². The van der Waals surface area contributed by atoms with Crippen LogP contribution in [0.5, 0.6) is 0 Å². The third kappa shape index (κ3) is 4.37. The molecule has 0 saturated carbocycles. The van der Waals surface area contributed by atoms with Crippen LogP contribution in [-0.4, -0.2) is 0 Å². The Morgan fingerprint density at radius 1 is 0.577 bits per heavy atom. The first-order chi connectivity index (χ1) is 12.8. The maximum absolute atomic E-state index is 2.37. The Morgan fingerprint density at radius 3 is 1.73 bits per heavy atom. The van der Waals surface area contributed by atoms with Crippen molar-refractivity contribution >= 4 is 22.6 Å². The second kappa shape index (κ2) is 8.39. The molecule has 0 N–H and O–H groups in total. The zero-order valence-corrected chi connectivity index (χ0v) is 17.3. The van der Waals surface area contributed by atoms with Crippen molar-refractivity contribution in [1.82, 2.24) is 0 Å². The molecule has 0 heterocycles. The number of hydrogen-bond acceptors (Lipinski definition) is 0. The molecule has 0 nitrogen and oxygen atoms in total. The minimum Gasteiger partial charge on any atom is -0.0584 e. The maximum Gasteiger partial charge on any atom is 0.0130 e. The van der Waals surface area contributed by atoms with Crippen LogP contribution in [-0.2, 0) is 25.7 Å². The lowest BCUT2D eigenvalue weighted by atomic mass is 9.86. The van der Waals surface area contributed by atoms with Crippen molar-refractivity contribution in [2.45, 2.75) is 44.9 Å². The summed E-state index contributed by atoms with van der Waals surface area (Å²) < 4.78 is 1.32. The number of hydrogen-bond donors (Lipinski definition) is 0. The van der Waals surface area contributed by atoms with Gasteiger partial charge in [-0.3, -0.25) is 0 Å². The fourth-order valence-electron chi connectivity index (χ4n) is 3.72. The normalized spacial score (nSPS) is 12.5. The van der Waals surface area contributed by atoms with Gasteiger partial charge < -0.3 is 0 Å². The molecular weight excluding hydrogens is 427 g/mol. The Kier molecular flexibility index (Phi) is 5.74. The van der Waals surface area contributed by atoms with Crippen LogP contribution in [0.15, 0.2) is 66.7 Å². The summed E-state index contributed by atoms with van der Waals surface area (Å²) in [4.78, 5) is 0. The molecule has 132 valence electrons. The third-order valence-electron chi connectivity index (χ3n) is 5.50. The fourth-order valence-corrected chi connectivity index (χ4v) is 4.08. The van der Waals surface area contributed by atoms with Crippen molar-refractivity contribution < 1.29 is 0 Å². The van der Waals surface area contributed by atoms with Crippen LogP contribution in [0.2, 0.25) is 0 Å². The van der Waals surface area contributed by atoms with Crippen molar-refractivity contribution in [3.8, 4) is 11.1 Å². The molecule has 0 fully saturated rings. The van der Waals surface area contributed by atoms with Gasteiger partial charge in [0.1, 0.15) is 0 Å². The van der Waals surface area contributed by atoms with Gasteiger partial charge >= 0.3 is 0 Å². The van der Waals surface area contributed by atoms with Crippen molar-refractivity contribution in [3.63, 3.8) is 0 Å². The summed E-state index contributed by atoms with van der Waals surface area (Å²) in [5.74, 6) is 0. The molecule has 0 aromatic heterocycles. The lowest BCUT2D eigenvalue weighted by Gasteiger charge is -2.19. The van der Waals surface area contributed by atoms with E-state index in [2.05, 4.69) is 89.3 Å². The van der Waals surface area contributed by atoms with Gasteiger partial charge in [-0.05, 0) is 107 Å². The van der Waals surface area contributed by atoms with Crippen LogP contribution in [0, 0.1) is 3.57 Å². The Bertz CT molecular complexity index is 860. The summed E-state index contributed by atoms with van der Waals surface area (Å²) in [6.45, 7) is 0. The number of benzene rings is 3. The van der Waals surface area contributed by atoms with Crippen LogP contribution < -0.4 is 0 Å². The summed E-state index contributed by atoms with van der Waals surface area (Å²) >= 11 is 2.37. The second-order valence-electron chi connectivity index (χ2n) is 7.37. The molecule has 0 radical (unpaired) electrons. The van der Waals surface area contributed by atoms with Gasteiger partial charge in [0.15, 0.2) is 0 Å². The summed E-state index contributed by atoms with van der Waals surface area (Å²) in [5.41, 5.74) is 8.73. The van der Waals surface area contributed by atoms with E-state index >= 15 is 0 Å². The number of unbranched alkanes of at least 4 members (excludes halogenated alkanes) is 2. The van der Waals surface area contributed by atoms with E-state index in [-0.39, 0.29) is 0 Å². The summed E-state index contributed by atoms with van der Waals surface area (Å²) in [6.07, 6.45) is 8.78. The first-order valence-corrected chi connectivity index (χ1v) is 10.8. The SMILES string of the molecule is Ic1ccc(CCCCCc2ccc(-c3ccc4c(c3)CC4)cc2)cc1. The smallest absolute Gasteiger partial charge is 0.0130 e. The van der Waals surface area contributed by atoms with Crippen molar-refractivity contribution in [3.05, 3.63) is 92.6 Å². The predicted octanol–water partition coefficient (Wildman–Crippen LogP) is 7.01. The minimum absolute atomic E-state index is 1.19. The lowest BCUT2D eigenvalue weighted by Crippen LogP contribution is -2.07. The van der Waals surface area contributed by atoms with Gasteiger partial charge in [-0.2, -0.15) is 0 Å². The molecule has 0 aliphatic heterocycles. The monoisotopic (exact) mass is 452 g/mol. The lowest BCUT2D eigenvalue weighted by molar-refractivity contribution is 0.678. The molecule has 0 amide bonds. The molecule has 0 unspecified atom stereocenters. The predicted molar refractivity (Wildman–Crippen MR) is 120 cm³/mol. The largest absolute Gasteiger partial charge is 0.0584 e. The Labute approximate surface area is 170 Å². The van der Waals surface area contributed by atoms with Crippen molar-refractivity contribution in [2.75, 3.05) is 0 Å². The van der Waals surface area contributed by atoms with Gasteiger partial charge in [-0.15, -0.1) is 0 Å². The summed E-state index contributed by atoms with van der Waals surface area (Å²) in [5, 5.41) is 0. The Morgan fingerprint density at radius 2 is 1.15 bits per heavy atom. The fraction of sp³-hybridized carbons (Fsp3) is 0.280. The van der Waals surface area contributed by atoms with Crippen LogP contribution >= 0.6 is 22.6 Å². The topological polar surface area (TPSA) is 0 Å². The van der Waals surface area contributed by atoms with Gasteiger partial charge in [-0.25, -0.2) is 0 Å². The number of rotatable bonds is 7. The standard InChI is InChI=1S/C25H25I/c26-25-16-8-20(9-17-25)5-3-1-2-4-19-6-10-21(11-7-19)23-14-12-22-13-15-24(22)18-23/h6-12,14,16-18H,1-5,13,15H2. The van der Waals surface area contributed by atoms with Crippen LogP contribution in [0.1, 0.15) is 41.5 Å². The highest BCUT2D eigenvalue weighted by molar-refractivity contribution is 14.1. The molecule has 3 aromatic carbocycles. The highest BCUT2D eigenvalue weighted by Crippen LogP contribution is 2.29.